The zero-order chi connectivity index (χ0) is 28.6. The van der Waals surface area contributed by atoms with Crippen molar-refractivity contribution in [3.05, 3.63) is 82.9 Å². The van der Waals surface area contributed by atoms with Gasteiger partial charge in [0.15, 0.2) is 0 Å². The molecule has 2 saturated heterocycles. The number of carbonyl (C=O) groups is 2. The molecule has 2 amide bonds. The molecule has 0 aliphatic carbocycles. The standard InChI is InChI=1S/C34H43ClN4O2/c1-2-25(26-9-5-3-6-10-26)24-39-20-15-31(37-32(34(39)41)16-19-38-17-7-4-8-18-38)23-36-33(40)29-12-11-28-22-30(35)14-13-27(28)21-29/h3,5-6,9-14,21-22,25,31-32,37H,2,4,7-8,15-20,23-24H2,1H3,(H,36,40)/t25?,31-,32+/m1/s1. The van der Waals surface area contributed by atoms with E-state index in [0.717, 1.165) is 56.2 Å². The Morgan fingerprint density at radius 3 is 2.54 bits per heavy atom. The molecule has 2 heterocycles. The molecule has 0 aromatic heterocycles. The third-order valence-corrected chi connectivity index (χ3v) is 8.99. The number of hydrogen-bond acceptors (Lipinski definition) is 4. The van der Waals surface area contributed by atoms with Gasteiger partial charge in [-0.25, -0.2) is 0 Å². The van der Waals surface area contributed by atoms with E-state index in [-0.39, 0.29) is 23.9 Å². The first kappa shape index (κ1) is 29.6. The number of nitrogens with one attached hydrogen (secondary N) is 2. The van der Waals surface area contributed by atoms with E-state index in [4.69, 9.17) is 11.6 Å². The molecule has 3 atom stereocenters. The van der Waals surface area contributed by atoms with Crippen molar-refractivity contribution in [2.24, 2.45) is 0 Å². The molecule has 3 aromatic carbocycles. The van der Waals surface area contributed by atoms with Gasteiger partial charge in [0.05, 0.1) is 6.04 Å². The van der Waals surface area contributed by atoms with Crippen LogP contribution in [-0.4, -0.2) is 73.0 Å². The highest BCUT2D eigenvalue weighted by Gasteiger charge is 2.32. The molecule has 7 heteroatoms. The van der Waals surface area contributed by atoms with Crippen molar-refractivity contribution in [3.63, 3.8) is 0 Å². The molecule has 1 unspecified atom stereocenters. The van der Waals surface area contributed by atoms with Gasteiger partial charge < -0.3 is 20.4 Å². The van der Waals surface area contributed by atoms with Crippen molar-refractivity contribution in [1.29, 1.82) is 0 Å². The van der Waals surface area contributed by atoms with Gasteiger partial charge in [0.2, 0.25) is 5.91 Å². The van der Waals surface area contributed by atoms with E-state index in [1.807, 2.05) is 42.5 Å². The average molecular weight is 575 g/mol. The largest absolute Gasteiger partial charge is 0.350 e. The Hall–Kier alpha value is -2.93. The maximum atomic E-state index is 13.9. The maximum Gasteiger partial charge on any atom is 0.251 e. The molecule has 0 radical (unpaired) electrons. The average Bonchev–Trinajstić information content (AvgIpc) is 3.16. The second-order valence-electron chi connectivity index (χ2n) is 11.6. The molecule has 41 heavy (non-hydrogen) atoms. The monoisotopic (exact) mass is 574 g/mol. The molecule has 0 saturated carbocycles. The van der Waals surface area contributed by atoms with E-state index in [2.05, 4.69) is 51.6 Å². The van der Waals surface area contributed by atoms with Gasteiger partial charge in [-0.15, -0.1) is 0 Å². The fourth-order valence-corrected chi connectivity index (χ4v) is 6.44. The summed E-state index contributed by atoms with van der Waals surface area (Å²) in [5.74, 6) is 0.399. The predicted octanol–water partition coefficient (Wildman–Crippen LogP) is 5.85. The van der Waals surface area contributed by atoms with Crippen LogP contribution >= 0.6 is 11.6 Å². The summed E-state index contributed by atoms with van der Waals surface area (Å²) < 4.78 is 0. The van der Waals surface area contributed by atoms with E-state index in [0.29, 0.717) is 29.6 Å². The fraction of sp³-hybridized carbons (Fsp3) is 0.471. The fourth-order valence-electron chi connectivity index (χ4n) is 6.26. The third kappa shape index (κ3) is 7.88. The summed E-state index contributed by atoms with van der Waals surface area (Å²) in [6.07, 6.45) is 6.35. The van der Waals surface area contributed by atoms with Crippen molar-refractivity contribution in [1.82, 2.24) is 20.4 Å². The Kier molecular flexibility index (Phi) is 10.3. The SMILES string of the molecule is CCC(CN1CC[C@H](CNC(=O)c2ccc3cc(Cl)ccc3c2)N[C@@H](CCN2CCCCC2)C1=O)c1ccccc1. The van der Waals surface area contributed by atoms with Gasteiger partial charge >= 0.3 is 0 Å². The van der Waals surface area contributed by atoms with Crippen molar-refractivity contribution < 1.29 is 9.59 Å². The summed E-state index contributed by atoms with van der Waals surface area (Å²) in [5.41, 5.74) is 1.91. The van der Waals surface area contributed by atoms with Crippen molar-refractivity contribution in [2.75, 3.05) is 39.3 Å². The van der Waals surface area contributed by atoms with Crippen LogP contribution < -0.4 is 10.6 Å². The highest BCUT2D eigenvalue weighted by molar-refractivity contribution is 6.31. The molecule has 218 valence electrons. The molecule has 6 nitrogen and oxygen atoms in total. The van der Waals surface area contributed by atoms with Crippen LogP contribution in [0.15, 0.2) is 66.7 Å². The lowest BCUT2D eigenvalue weighted by atomic mass is 9.95. The molecule has 2 aliphatic heterocycles. The Bertz CT molecular complexity index is 1310. The third-order valence-electron chi connectivity index (χ3n) is 8.75. The minimum atomic E-state index is -0.250. The Labute approximate surface area is 249 Å². The van der Waals surface area contributed by atoms with Gasteiger partial charge in [-0.3, -0.25) is 9.59 Å². The summed E-state index contributed by atoms with van der Waals surface area (Å²) in [6.45, 7) is 7.25. The Morgan fingerprint density at radius 1 is 1.00 bits per heavy atom. The molecular formula is C34H43ClN4O2. The lowest BCUT2D eigenvalue weighted by molar-refractivity contribution is -0.133. The van der Waals surface area contributed by atoms with Crippen LogP contribution in [0.25, 0.3) is 10.8 Å². The number of fused-ring (bicyclic) bond motifs is 1. The maximum absolute atomic E-state index is 13.9. The Morgan fingerprint density at radius 2 is 1.76 bits per heavy atom. The van der Waals surface area contributed by atoms with E-state index >= 15 is 0 Å². The molecule has 2 fully saturated rings. The normalized spacial score (nSPS) is 21.0. The highest BCUT2D eigenvalue weighted by atomic mass is 35.5. The first-order valence-electron chi connectivity index (χ1n) is 15.3. The molecule has 0 bridgehead atoms. The van der Waals surface area contributed by atoms with Gasteiger partial charge in [-0.05, 0) is 85.8 Å². The molecule has 0 spiro atoms. The van der Waals surface area contributed by atoms with Crippen LogP contribution in [-0.2, 0) is 4.79 Å². The van der Waals surface area contributed by atoms with Crippen LogP contribution in [0.2, 0.25) is 5.02 Å². The highest BCUT2D eigenvalue weighted by Crippen LogP contribution is 2.24. The van der Waals surface area contributed by atoms with Gasteiger partial charge in [0, 0.05) is 48.7 Å². The van der Waals surface area contributed by atoms with Crippen LogP contribution in [0, 0.1) is 0 Å². The van der Waals surface area contributed by atoms with Crippen molar-refractivity contribution >= 4 is 34.2 Å². The van der Waals surface area contributed by atoms with Crippen molar-refractivity contribution in [3.8, 4) is 0 Å². The number of hydrogen-bond donors (Lipinski definition) is 2. The summed E-state index contributed by atoms with van der Waals surface area (Å²) in [6, 6.07) is 21.7. The van der Waals surface area contributed by atoms with E-state index in [1.165, 1.54) is 24.8 Å². The van der Waals surface area contributed by atoms with Gasteiger partial charge in [-0.2, -0.15) is 0 Å². The summed E-state index contributed by atoms with van der Waals surface area (Å²) in [5, 5.41) is 9.48. The minimum absolute atomic E-state index is 0.0234. The summed E-state index contributed by atoms with van der Waals surface area (Å²) in [4.78, 5) is 31.6. The number of piperidine rings is 1. The number of halogens is 1. The van der Waals surface area contributed by atoms with Gasteiger partial charge in [0.25, 0.3) is 5.91 Å². The van der Waals surface area contributed by atoms with Crippen LogP contribution in [0.3, 0.4) is 0 Å². The van der Waals surface area contributed by atoms with Crippen LogP contribution in [0.1, 0.15) is 67.3 Å². The van der Waals surface area contributed by atoms with E-state index in [9.17, 15) is 9.59 Å². The Balaban J connectivity index is 1.26. The topological polar surface area (TPSA) is 64.7 Å². The van der Waals surface area contributed by atoms with Crippen LogP contribution in [0.4, 0.5) is 0 Å². The van der Waals surface area contributed by atoms with Gasteiger partial charge in [-0.1, -0.05) is 67.4 Å². The number of rotatable bonds is 10. The molecule has 5 rings (SSSR count). The second-order valence-corrected chi connectivity index (χ2v) is 12.0. The molecule has 3 aromatic rings. The number of amides is 2. The molecule has 2 aliphatic rings. The lowest BCUT2D eigenvalue weighted by Crippen LogP contribution is -2.50. The molecular weight excluding hydrogens is 532 g/mol. The lowest BCUT2D eigenvalue weighted by Gasteiger charge is -2.31. The molecule has 2 N–H and O–H groups in total. The smallest absolute Gasteiger partial charge is 0.251 e. The minimum Gasteiger partial charge on any atom is -0.350 e. The van der Waals surface area contributed by atoms with E-state index in [1.54, 1.807) is 0 Å². The predicted molar refractivity (Wildman–Crippen MR) is 168 cm³/mol. The summed E-state index contributed by atoms with van der Waals surface area (Å²) in [7, 11) is 0. The first-order chi connectivity index (χ1) is 20.0. The second kappa shape index (κ2) is 14.3. The van der Waals surface area contributed by atoms with Gasteiger partial charge in [0.1, 0.15) is 0 Å². The number of nitrogens with zero attached hydrogens (tertiary/aromatic N) is 2. The zero-order valence-corrected chi connectivity index (χ0v) is 24.9. The van der Waals surface area contributed by atoms with Crippen LogP contribution in [0.5, 0.6) is 0 Å². The number of carbonyl (C=O) groups excluding carboxylic acids is 2. The number of likely N-dealkylation sites (tertiary alicyclic amines) is 1. The quantitative estimate of drug-likeness (QED) is 0.319. The van der Waals surface area contributed by atoms with E-state index < -0.39 is 0 Å². The zero-order valence-electron chi connectivity index (χ0n) is 24.2. The summed E-state index contributed by atoms with van der Waals surface area (Å²) >= 11 is 6.12. The van der Waals surface area contributed by atoms with Crippen molar-refractivity contribution in [2.45, 2.75) is 63.5 Å². The number of benzene rings is 3. The first-order valence-corrected chi connectivity index (χ1v) is 15.7.